The molecular formula is C17H15N5O. The van der Waals surface area contributed by atoms with E-state index in [2.05, 4.69) is 27.2 Å². The van der Waals surface area contributed by atoms with Crippen LogP contribution in [0.1, 0.15) is 23.1 Å². The van der Waals surface area contributed by atoms with Crippen LogP contribution in [0.4, 0.5) is 0 Å². The zero-order valence-corrected chi connectivity index (χ0v) is 12.3. The van der Waals surface area contributed by atoms with Crippen LogP contribution in [0.5, 0.6) is 0 Å². The average Bonchev–Trinajstić information content (AvgIpc) is 3.25. The van der Waals surface area contributed by atoms with E-state index in [1.165, 1.54) is 6.33 Å². The Morgan fingerprint density at radius 2 is 1.96 bits per heavy atom. The third-order valence-electron chi connectivity index (χ3n) is 3.78. The van der Waals surface area contributed by atoms with Gasteiger partial charge in [0.25, 0.3) is 0 Å². The number of hydrogen-bond donors (Lipinski definition) is 1. The van der Waals surface area contributed by atoms with E-state index in [1.807, 2.05) is 35.0 Å². The van der Waals surface area contributed by atoms with Crippen LogP contribution in [0, 0.1) is 0 Å². The molecule has 0 spiro atoms. The van der Waals surface area contributed by atoms with Crippen molar-refractivity contribution in [2.24, 2.45) is 5.73 Å². The van der Waals surface area contributed by atoms with Gasteiger partial charge >= 0.3 is 0 Å². The van der Waals surface area contributed by atoms with Crippen LogP contribution in [-0.2, 0) is 6.54 Å². The lowest BCUT2D eigenvalue weighted by Crippen LogP contribution is -2.13. The first-order valence-electron chi connectivity index (χ1n) is 7.32. The molecule has 4 rings (SSSR count). The van der Waals surface area contributed by atoms with Crippen molar-refractivity contribution >= 4 is 11.0 Å². The Bertz CT molecular complexity index is 915. The topological polar surface area (TPSA) is 82.8 Å². The van der Waals surface area contributed by atoms with E-state index in [1.54, 1.807) is 12.5 Å². The van der Waals surface area contributed by atoms with Gasteiger partial charge in [0.15, 0.2) is 5.65 Å². The molecule has 0 radical (unpaired) electrons. The molecule has 0 saturated carbocycles. The zero-order valence-electron chi connectivity index (χ0n) is 12.3. The molecule has 3 aromatic heterocycles. The molecule has 114 valence electrons. The molecule has 0 amide bonds. The summed E-state index contributed by atoms with van der Waals surface area (Å²) in [6.45, 7) is 0.650. The first-order valence-corrected chi connectivity index (χ1v) is 7.32. The lowest BCUT2D eigenvalue weighted by atomic mass is 10.1. The van der Waals surface area contributed by atoms with Crippen molar-refractivity contribution in [2.75, 3.05) is 0 Å². The normalized spacial score (nSPS) is 12.6. The van der Waals surface area contributed by atoms with Gasteiger partial charge in [-0.1, -0.05) is 30.3 Å². The summed E-state index contributed by atoms with van der Waals surface area (Å²) < 4.78 is 7.24. The van der Waals surface area contributed by atoms with Gasteiger partial charge in [0.05, 0.1) is 30.1 Å². The second-order valence-electron chi connectivity index (χ2n) is 5.28. The van der Waals surface area contributed by atoms with Crippen LogP contribution in [0.15, 0.2) is 65.7 Å². The summed E-state index contributed by atoms with van der Waals surface area (Å²) >= 11 is 0. The van der Waals surface area contributed by atoms with Crippen molar-refractivity contribution in [2.45, 2.75) is 12.6 Å². The summed E-state index contributed by atoms with van der Waals surface area (Å²) in [7, 11) is 0. The van der Waals surface area contributed by atoms with Crippen LogP contribution in [0.3, 0.4) is 0 Å². The highest BCUT2D eigenvalue weighted by atomic mass is 16.3. The quantitative estimate of drug-likeness (QED) is 0.626. The third kappa shape index (κ3) is 2.49. The molecule has 1 unspecified atom stereocenters. The van der Waals surface area contributed by atoms with E-state index in [0.717, 1.165) is 16.6 Å². The molecule has 2 N–H and O–H groups in total. The van der Waals surface area contributed by atoms with Crippen molar-refractivity contribution in [3.05, 3.63) is 78.3 Å². The number of fused-ring (bicyclic) bond motifs is 1. The van der Waals surface area contributed by atoms with Gasteiger partial charge in [0.2, 0.25) is 0 Å². The maximum Gasteiger partial charge on any atom is 0.161 e. The maximum atomic E-state index is 6.27. The van der Waals surface area contributed by atoms with Crippen LogP contribution < -0.4 is 5.73 Å². The highest BCUT2D eigenvalue weighted by molar-refractivity contribution is 5.77. The molecule has 0 aliphatic heterocycles. The monoisotopic (exact) mass is 305 g/mol. The standard InChI is InChI=1S/C17H15N5O/c18-15(14-7-4-8-23-14)16-13-9-21-22(17(13)20-11-19-16)10-12-5-2-1-3-6-12/h1-9,11,15H,10,18H2. The zero-order chi connectivity index (χ0) is 15.6. The number of hydrogen-bond acceptors (Lipinski definition) is 5. The largest absolute Gasteiger partial charge is 0.467 e. The first kappa shape index (κ1) is 13.7. The predicted octanol–water partition coefficient (Wildman–Crippen LogP) is 2.52. The van der Waals surface area contributed by atoms with Crippen molar-refractivity contribution in [3.63, 3.8) is 0 Å². The SMILES string of the molecule is NC(c1ccco1)c1ncnc2c1cnn2Cc1ccccc1. The summed E-state index contributed by atoms with van der Waals surface area (Å²) in [6, 6.07) is 13.3. The molecule has 1 atom stereocenters. The van der Waals surface area contributed by atoms with E-state index < -0.39 is 6.04 Å². The Labute approximate surface area is 132 Å². The van der Waals surface area contributed by atoms with Gasteiger partial charge in [-0.05, 0) is 17.7 Å². The van der Waals surface area contributed by atoms with Crippen LogP contribution in [0.25, 0.3) is 11.0 Å². The highest BCUT2D eigenvalue weighted by Crippen LogP contribution is 2.24. The molecule has 0 fully saturated rings. The summed E-state index contributed by atoms with van der Waals surface area (Å²) in [5.74, 6) is 0.667. The summed E-state index contributed by atoms with van der Waals surface area (Å²) in [5, 5.41) is 5.28. The predicted molar refractivity (Wildman–Crippen MR) is 85.6 cm³/mol. The Kier molecular flexibility index (Phi) is 3.36. The van der Waals surface area contributed by atoms with Crippen molar-refractivity contribution in [1.82, 2.24) is 19.7 Å². The molecule has 23 heavy (non-hydrogen) atoms. The molecule has 0 aliphatic carbocycles. The van der Waals surface area contributed by atoms with Crippen molar-refractivity contribution < 1.29 is 4.42 Å². The van der Waals surface area contributed by atoms with Gasteiger partial charge in [0.1, 0.15) is 18.1 Å². The first-order chi connectivity index (χ1) is 11.3. The molecular weight excluding hydrogens is 290 g/mol. The Morgan fingerprint density at radius 1 is 1.09 bits per heavy atom. The number of nitrogens with two attached hydrogens (primary N) is 1. The highest BCUT2D eigenvalue weighted by Gasteiger charge is 2.19. The van der Waals surface area contributed by atoms with Crippen molar-refractivity contribution in [1.29, 1.82) is 0 Å². The minimum Gasteiger partial charge on any atom is -0.467 e. The van der Waals surface area contributed by atoms with Gasteiger partial charge in [0, 0.05) is 0 Å². The molecule has 1 aromatic carbocycles. The molecule has 0 aliphatic rings. The Hall–Kier alpha value is -2.99. The summed E-state index contributed by atoms with van der Waals surface area (Å²) in [6.07, 6.45) is 4.88. The van der Waals surface area contributed by atoms with Gasteiger partial charge in [-0.25, -0.2) is 14.6 Å². The molecule has 6 heteroatoms. The fraction of sp³-hybridized carbons (Fsp3) is 0.118. The fourth-order valence-corrected chi connectivity index (χ4v) is 2.63. The molecule has 0 bridgehead atoms. The van der Waals surface area contributed by atoms with E-state index in [0.29, 0.717) is 18.0 Å². The maximum absolute atomic E-state index is 6.27. The van der Waals surface area contributed by atoms with E-state index >= 15 is 0 Å². The molecule has 6 nitrogen and oxygen atoms in total. The van der Waals surface area contributed by atoms with Crippen LogP contribution in [0.2, 0.25) is 0 Å². The van der Waals surface area contributed by atoms with Gasteiger partial charge in [-0.15, -0.1) is 0 Å². The second-order valence-corrected chi connectivity index (χ2v) is 5.28. The number of nitrogens with zero attached hydrogens (tertiary/aromatic N) is 4. The number of furan rings is 1. The lowest BCUT2D eigenvalue weighted by Gasteiger charge is -2.09. The number of rotatable bonds is 4. The van der Waals surface area contributed by atoms with E-state index in [-0.39, 0.29) is 0 Å². The minimum absolute atomic E-state index is 0.440. The molecule has 0 saturated heterocycles. The van der Waals surface area contributed by atoms with Gasteiger partial charge in [-0.2, -0.15) is 5.10 Å². The van der Waals surface area contributed by atoms with Crippen LogP contribution in [-0.4, -0.2) is 19.7 Å². The van der Waals surface area contributed by atoms with Crippen LogP contribution >= 0.6 is 0 Å². The summed E-state index contributed by atoms with van der Waals surface area (Å²) in [4.78, 5) is 8.70. The van der Waals surface area contributed by atoms with E-state index in [4.69, 9.17) is 10.2 Å². The lowest BCUT2D eigenvalue weighted by molar-refractivity contribution is 0.487. The summed E-state index contributed by atoms with van der Waals surface area (Å²) in [5.41, 5.74) is 8.90. The van der Waals surface area contributed by atoms with Gasteiger partial charge < -0.3 is 10.2 Å². The molecule has 4 aromatic rings. The smallest absolute Gasteiger partial charge is 0.161 e. The second kappa shape index (κ2) is 5.66. The minimum atomic E-state index is -0.440. The fourth-order valence-electron chi connectivity index (χ4n) is 2.63. The molecule has 3 heterocycles. The third-order valence-corrected chi connectivity index (χ3v) is 3.78. The Balaban J connectivity index is 1.75. The number of benzene rings is 1. The number of aromatic nitrogens is 4. The average molecular weight is 305 g/mol. The van der Waals surface area contributed by atoms with Crippen molar-refractivity contribution in [3.8, 4) is 0 Å². The van der Waals surface area contributed by atoms with E-state index in [9.17, 15) is 0 Å². The Morgan fingerprint density at radius 3 is 2.74 bits per heavy atom. The van der Waals surface area contributed by atoms with Gasteiger partial charge in [-0.3, -0.25) is 0 Å².